The third-order valence-electron chi connectivity index (χ3n) is 4.21. The largest absolute Gasteiger partial charge is 0.324 e. The molecule has 1 heterocycles. The van der Waals surface area contributed by atoms with Gasteiger partial charge in [-0.05, 0) is 49.2 Å². The molecular weight excluding hydrogens is 345 g/mol. The van der Waals surface area contributed by atoms with E-state index in [0.717, 1.165) is 17.7 Å². The normalized spacial score (nSPS) is 10.6. The van der Waals surface area contributed by atoms with Gasteiger partial charge in [-0.25, -0.2) is 9.37 Å². The number of nitrogens with zero attached hydrogens (tertiary/aromatic N) is 2. The average Bonchev–Trinajstić information content (AvgIpc) is 2.65. The minimum atomic E-state index is -0.380. The number of rotatable bonds is 5. The summed E-state index contributed by atoms with van der Waals surface area (Å²) in [5, 5.41) is 2.85. The summed E-state index contributed by atoms with van der Waals surface area (Å²) in [7, 11) is 0. The van der Waals surface area contributed by atoms with Gasteiger partial charge in [0.25, 0.3) is 5.56 Å². The zero-order valence-electron chi connectivity index (χ0n) is 15.2. The molecule has 0 saturated carbocycles. The first-order chi connectivity index (χ1) is 13.0. The van der Waals surface area contributed by atoms with E-state index in [0.29, 0.717) is 17.1 Å². The van der Waals surface area contributed by atoms with Crippen LogP contribution < -0.4 is 10.9 Å². The molecule has 1 N–H and O–H groups in total. The molecule has 3 rings (SSSR count). The molecule has 6 heteroatoms. The lowest BCUT2D eigenvalue weighted by atomic mass is 10.1. The zero-order valence-corrected chi connectivity index (χ0v) is 15.2. The number of nitrogens with one attached hydrogen (secondary N) is 1. The maximum atomic E-state index is 13.2. The van der Waals surface area contributed by atoms with Crippen LogP contribution in [0.1, 0.15) is 18.2 Å². The highest BCUT2D eigenvalue weighted by atomic mass is 19.1. The number of hydrogen-bond acceptors (Lipinski definition) is 3. The molecule has 3 aromatic rings. The van der Waals surface area contributed by atoms with Gasteiger partial charge in [-0.1, -0.05) is 25.1 Å². The lowest BCUT2D eigenvalue weighted by Gasteiger charge is -2.14. The molecule has 0 unspecified atom stereocenters. The van der Waals surface area contributed by atoms with Crippen LogP contribution in [0.25, 0.3) is 11.4 Å². The van der Waals surface area contributed by atoms with Crippen molar-refractivity contribution in [1.29, 1.82) is 0 Å². The summed E-state index contributed by atoms with van der Waals surface area (Å²) in [6.07, 6.45) is 0.781. The van der Waals surface area contributed by atoms with Crippen molar-refractivity contribution in [3.05, 3.63) is 82.0 Å². The van der Waals surface area contributed by atoms with Crippen LogP contribution >= 0.6 is 0 Å². The zero-order chi connectivity index (χ0) is 19.4. The maximum Gasteiger partial charge on any atom is 0.254 e. The van der Waals surface area contributed by atoms with Crippen LogP contribution in [0.15, 0.2) is 59.4 Å². The first kappa shape index (κ1) is 18.5. The van der Waals surface area contributed by atoms with Crippen LogP contribution in [0.3, 0.4) is 0 Å². The van der Waals surface area contributed by atoms with Crippen molar-refractivity contribution >= 4 is 11.6 Å². The number of carbonyl (C=O) groups is 1. The molecule has 0 aliphatic carbocycles. The molecule has 0 radical (unpaired) electrons. The van der Waals surface area contributed by atoms with Crippen molar-refractivity contribution in [2.45, 2.75) is 26.8 Å². The summed E-state index contributed by atoms with van der Waals surface area (Å²) >= 11 is 0. The van der Waals surface area contributed by atoms with Gasteiger partial charge < -0.3 is 5.32 Å². The Balaban J connectivity index is 1.93. The second-order valence-corrected chi connectivity index (χ2v) is 6.21. The second-order valence-electron chi connectivity index (χ2n) is 6.21. The summed E-state index contributed by atoms with van der Waals surface area (Å²) in [4.78, 5) is 29.4. The van der Waals surface area contributed by atoms with E-state index in [9.17, 15) is 14.0 Å². The van der Waals surface area contributed by atoms with Gasteiger partial charge in [0.2, 0.25) is 5.91 Å². The number of amides is 1. The molecule has 0 aliphatic heterocycles. The molecule has 0 fully saturated rings. The van der Waals surface area contributed by atoms with Crippen LogP contribution in [0.5, 0.6) is 0 Å². The van der Waals surface area contributed by atoms with Crippen LogP contribution in [0, 0.1) is 12.7 Å². The topological polar surface area (TPSA) is 64.0 Å². The Hall–Kier alpha value is -3.28. The predicted octanol–water partition coefficient (Wildman–Crippen LogP) is 3.56. The number of anilines is 1. The Bertz CT molecular complexity index is 1030. The Morgan fingerprint density at radius 1 is 1.15 bits per heavy atom. The summed E-state index contributed by atoms with van der Waals surface area (Å²) in [5.41, 5.74) is 2.51. The first-order valence-corrected chi connectivity index (χ1v) is 8.70. The number of para-hydroxylation sites is 1. The molecule has 2 aromatic carbocycles. The summed E-state index contributed by atoms with van der Waals surface area (Å²) in [5.74, 6) is -0.375. The molecule has 5 nitrogen and oxygen atoms in total. The first-order valence-electron chi connectivity index (χ1n) is 8.70. The van der Waals surface area contributed by atoms with Gasteiger partial charge in [0.05, 0.1) is 0 Å². The lowest BCUT2D eigenvalue weighted by molar-refractivity contribution is -0.116. The number of aryl methyl sites for hydroxylation is 2. The Labute approximate surface area is 156 Å². The molecule has 0 bridgehead atoms. The molecule has 0 atom stereocenters. The van der Waals surface area contributed by atoms with Crippen LogP contribution in [-0.4, -0.2) is 15.5 Å². The Morgan fingerprint density at radius 2 is 1.85 bits per heavy atom. The highest BCUT2D eigenvalue weighted by molar-refractivity contribution is 5.91. The molecule has 1 amide bonds. The Kier molecular flexibility index (Phi) is 5.45. The van der Waals surface area contributed by atoms with E-state index < -0.39 is 0 Å². The number of hydrogen-bond donors (Lipinski definition) is 1. The van der Waals surface area contributed by atoms with E-state index in [-0.39, 0.29) is 23.8 Å². The van der Waals surface area contributed by atoms with Gasteiger partial charge in [-0.2, -0.15) is 0 Å². The van der Waals surface area contributed by atoms with E-state index in [1.54, 1.807) is 6.92 Å². The fraction of sp³-hybridized carbons (Fsp3) is 0.190. The molecule has 27 heavy (non-hydrogen) atoms. The molecule has 1 aromatic heterocycles. The second kappa shape index (κ2) is 7.95. The van der Waals surface area contributed by atoms with Crippen molar-refractivity contribution in [3.63, 3.8) is 0 Å². The van der Waals surface area contributed by atoms with Gasteiger partial charge in [0.15, 0.2) is 0 Å². The van der Waals surface area contributed by atoms with Crippen LogP contribution in [0.4, 0.5) is 10.1 Å². The third-order valence-corrected chi connectivity index (χ3v) is 4.21. The number of carbonyl (C=O) groups excluding carboxylic acids is 1. The van der Waals surface area contributed by atoms with Crippen LogP contribution in [0.2, 0.25) is 0 Å². The van der Waals surface area contributed by atoms with Crippen molar-refractivity contribution in [3.8, 4) is 11.4 Å². The summed E-state index contributed by atoms with van der Waals surface area (Å²) in [6.45, 7) is 3.53. The van der Waals surface area contributed by atoms with Gasteiger partial charge in [0.1, 0.15) is 18.2 Å². The molecule has 0 spiro atoms. The molecule has 0 aliphatic rings. The highest BCUT2D eigenvalue weighted by Crippen LogP contribution is 2.18. The summed E-state index contributed by atoms with van der Waals surface area (Å²) < 4.78 is 14.5. The van der Waals surface area contributed by atoms with Gasteiger partial charge in [-0.15, -0.1) is 0 Å². The molecule has 138 valence electrons. The minimum Gasteiger partial charge on any atom is -0.324 e. The van der Waals surface area contributed by atoms with E-state index in [4.69, 9.17) is 0 Å². The standard InChI is InChI=1S/C21H20FN3O2/c1-3-15-6-4-5-7-18(15)24-19(26)13-25-20(27)12-14(2)23-21(25)16-8-10-17(22)11-9-16/h4-12H,3,13H2,1-2H3,(H,24,26). The van der Waals surface area contributed by atoms with E-state index in [1.807, 2.05) is 31.2 Å². The van der Waals surface area contributed by atoms with Gasteiger partial charge >= 0.3 is 0 Å². The average molecular weight is 365 g/mol. The lowest BCUT2D eigenvalue weighted by Crippen LogP contribution is -2.29. The SMILES string of the molecule is CCc1ccccc1NC(=O)Cn1c(-c2ccc(F)cc2)nc(C)cc1=O. The van der Waals surface area contributed by atoms with E-state index in [1.165, 1.54) is 34.9 Å². The van der Waals surface area contributed by atoms with Crippen molar-refractivity contribution in [2.24, 2.45) is 0 Å². The summed E-state index contributed by atoms with van der Waals surface area (Å²) in [6, 6.07) is 14.6. The van der Waals surface area contributed by atoms with Crippen LogP contribution in [-0.2, 0) is 17.8 Å². The van der Waals surface area contributed by atoms with E-state index >= 15 is 0 Å². The predicted molar refractivity (Wildman–Crippen MR) is 103 cm³/mol. The minimum absolute atomic E-state index is 0.184. The van der Waals surface area contributed by atoms with E-state index in [2.05, 4.69) is 10.3 Å². The fourth-order valence-corrected chi connectivity index (χ4v) is 2.88. The number of halogens is 1. The van der Waals surface area contributed by atoms with Gasteiger partial charge in [0, 0.05) is 23.0 Å². The highest BCUT2D eigenvalue weighted by Gasteiger charge is 2.14. The van der Waals surface area contributed by atoms with Crippen molar-refractivity contribution < 1.29 is 9.18 Å². The van der Waals surface area contributed by atoms with Crippen molar-refractivity contribution in [2.75, 3.05) is 5.32 Å². The molecule has 0 saturated heterocycles. The smallest absolute Gasteiger partial charge is 0.254 e. The fourth-order valence-electron chi connectivity index (χ4n) is 2.88. The third kappa shape index (κ3) is 4.28. The number of benzene rings is 2. The Morgan fingerprint density at radius 3 is 2.56 bits per heavy atom. The maximum absolute atomic E-state index is 13.2. The monoisotopic (exact) mass is 365 g/mol. The number of aromatic nitrogens is 2. The quantitative estimate of drug-likeness (QED) is 0.752. The van der Waals surface area contributed by atoms with Crippen molar-refractivity contribution in [1.82, 2.24) is 9.55 Å². The van der Waals surface area contributed by atoms with Gasteiger partial charge in [-0.3, -0.25) is 14.2 Å². The molecular formula is C21H20FN3O2.